The van der Waals surface area contributed by atoms with Crippen molar-refractivity contribution in [3.05, 3.63) is 28.8 Å². The number of ether oxygens (including phenoxy) is 4. The average Bonchev–Trinajstić information content (AvgIpc) is 2.88. The highest BCUT2D eigenvalue weighted by Gasteiger charge is 2.37. The van der Waals surface area contributed by atoms with Crippen molar-refractivity contribution >= 4 is 0 Å². The molecule has 2 aliphatic rings. The Bertz CT molecular complexity index is 924. The molecule has 0 amide bonds. The smallest absolute Gasteiger partial charge is 0.203 e. The molecule has 28 heavy (non-hydrogen) atoms. The Balaban J connectivity index is 2.13. The normalized spacial score (nSPS) is 18.0. The van der Waals surface area contributed by atoms with E-state index in [4.69, 9.17) is 18.9 Å². The van der Waals surface area contributed by atoms with Crippen LogP contribution in [-0.4, -0.2) is 52.0 Å². The van der Waals surface area contributed by atoms with Gasteiger partial charge < -0.3 is 24.1 Å². The van der Waals surface area contributed by atoms with Crippen LogP contribution >= 0.6 is 0 Å². The van der Waals surface area contributed by atoms with Crippen LogP contribution in [0.5, 0.6) is 28.7 Å². The van der Waals surface area contributed by atoms with Crippen molar-refractivity contribution in [1.29, 1.82) is 0 Å². The third kappa shape index (κ3) is 2.58. The number of nitrogens with zero attached hydrogens (tertiary/aromatic N) is 1. The standard InChI is InChI=1S/C22H27NO5/c1-23-9-8-13-11-15(25-2)21(27-4)19-17(13)14(23)7-6-12-10-16(26-3)22(28-5)20(24)18(12)19/h10-11,14,24H,6-9H2,1-5H3/t14-/m0/s1. The molecule has 2 aromatic carbocycles. The van der Waals surface area contributed by atoms with Gasteiger partial charge in [-0.05, 0) is 55.1 Å². The summed E-state index contributed by atoms with van der Waals surface area (Å²) in [4.78, 5) is 2.38. The number of fused-ring (bicyclic) bond motifs is 2. The Morgan fingerprint density at radius 2 is 1.50 bits per heavy atom. The molecule has 1 aliphatic carbocycles. The fraction of sp³-hybridized carbons (Fsp3) is 0.455. The third-order valence-corrected chi connectivity index (χ3v) is 6.06. The molecule has 150 valence electrons. The third-order valence-electron chi connectivity index (χ3n) is 6.06. The van der Waals surface area contributed by atoms with E-state index in [1.54, 1.807) is 21.3 Å². The maximum Gasteiger partial charge on any atom is 0.203 e. The van der Waals surface area contributed by atoms with Gasteiger partial charge in [0.25, 0.3) is 0 Å². The number of likely N-dealkylation sites (N-methyl/N-ethyl adjacent to an activating group) is 1. The van der Waals surface area contributed by atoms with Gasteiger partial charge in [0.2, 0.25) is 5.75 Å². The minimum Gasteiger partial charge on any atom is -0.504 e. The lowest BCUT2D eigenvalue weighted by Crippen LogP contribution is -2.32. The number of aromatic hydroxyl groups is 1. The van der Waals surface area contributed by atoms with E-state index in [-0.39, 0.29) is 11.8 Å². The molecule has 4 rings (SSSR count). The van der Waals surface area contributed by atoms with E-state index in [2.05, 4.69) is 18.0 Å². The van der Waals surface area contributed by atoms with Gasteiger partial charge in [0.1, 0.15) is 0 Å². The van der Waals surface area contributed by atoms with E-state index in [0.29, 0.717) is 23.0 Å². The summed E-state index contributed by atoms with van der Waals surface area (Å²) in [6.45, 7) is 0.988. The van der Waals surface area contributed by atoms with Crippen molar-refractivity contribution < 1.29 is 24.1 Å². The lowest BCUT2D eigenvalue weighted by molar-refractivity contribution is 0.220. The first kappa shape index (κ1) is 18.7. The lowest BCUT2D eigenvalue weighted by Gasteiger charge is -2.36. The van der Waals surface area contributed by atoms with E-state index >= 15 is 0 Å². The molecule has 0 saturated carbocycles. The zero-order valence-electron chi connectivity index (χ0n) is 17.1. The van der Waals surface area contributed by atoms with Crippen LogP contribution in [0.25, 0.3) is 11.1 Å². The van der Waals surface area contributed by atoms with Gasteiger partial charge >= 0.3 is 0 Å². The second kappa shape index (κ2) is 7.09. The molecule has 0 bridgehead atoms. The van der Waals surface area contributed by atoms with Gasteiger partial charge in [-0.2, -0.15) is 0 Å². The molecular weight excluding hydrogens is 358 g/mol. The summed E-state index contributed by atoms with van der Waals surface area (Å²) >= 11 is 0. The predicted octanol–water partition coefficient (Wildman–Crippen LogP) is 3.57. The number of benzene rings is 2. The fourth-order valence-corrected chi connectivity index (χ4v) is 4.73. The molecule has 0 aromatic heterocycles. The van der Waals surface area contributed by atoms with Crippen molar-refractivity contribution in [3.8, 4) is 39.9 Å². The molecule has 0 unspecified atom stereocenters. The number of phenolic OH excluding ortho intramolecular Hbond substituents is 1. The molecule has 2 aromatic rings. The highest BCUT2D eigenvalue weighted by atomic mass is 16.5. The number of hydrogen-bond donors (Lipinski definition) is 1. The molecule has 0 fully saturated rings. The number of rotatable bonds is 4. The van der Waals surface area contributed by atoms with Crippen molar-refractivity contribution in [2.45, 2.75) is 25.3 Å². The first-order valence-corrected chi connectivity index (χ1v) is 9.50. The summed E-state index contributed by atoms with van der Waals surface area (Å²) in [5.41, 5.74) is 5.14. The van der Waals surface area contributed by atoms with Gasteiger partial charge in [-0.25, -0.2) is 0 Å². The first-order valence-electron chi connectivity index (χ1n) is 9.50. The minimum atomic E-state index is 0.0829. The SMILES string of the molecule is COc1cc2c(c(O)c1OC)-c1c(OC)c(OC)cc3c1[C@H](CC2)N(C)CC3. The molecule has 1 atom stereocenters. The van der Waals surface area contributed by atoms with E-state index < -0.39 is 0 Å². The number of hydrogen-bond acceptors (Lipinski definition) is 6. The quantitative estimate of drug-likeness (QED) is 0.868. The Morgan fingerprint density at radius 3 is 2.14 bits per heavy atom. The Kier molecular flexibility index (Phi) is 4.75. The van der Waals surface area contributed by atoms with E-state index in [1.165, 1.54) is 18.2 Å². The van der Waals surface area contributed by atoms with Gasteiger partial charge in [-0.15, -0.1) is 0 Å². The summed E-state index contributed by atoms with van der Waals surface area (Å²) in [7, 11) is 8.57. The van der Waals surface area contributed by atoms with Gasteiger partial charge in [0.15, 0.2) is 23.0 Å². The van der Waals surface area contributed by atoms with Crippen LogP contribution in [-0.2, 0) is 12.8 Å². The molecule has 6 heteroatoms. The van der Waals surface area contributed by atoms with Crippen LogP contribution in [0, 0.1) is 0 Å². The minimum absolute atomic E-state index is 0.0829. The molecule has 1 heterocycles. The predicted molar refractivity (Wildman–Crippen MR) is 107 cm³/mol. The zero-order chi connectivity index (χ0) is 20.0. The van der Waals surface area contributed by atoms with Crippen LogP contribution in [0.2, 0.25) is 0 Å². The molecule has 0 saturated heterocycles. The Labute approximate surface area is 165 Å². The molecule has 0 spiro atoms. The molecule has 1 aliphatic heterocycles. The van der Waals surface area contributed by atoms with Crippen LogP contribution < -0.4 is 18.9 Å². The summed E-state index contributed by atoms with van der Waals surface area (Å²) in [6, 6.07) is 4.30. The second-order valence-corrected chi connectivity index (χ2v) is 7.34. The fourth-order valence-electron chi connectivity index (χ4n) is 4.73. The van der Waals surface area contributed by atoms with E-state index in [0.717, 1.165) is 42.5 Å². The van der Waals surface area contributed by atoms with Crippen molar-refractivity contribution in [3.63, 3.8) is 0 Å². The summed E-state index contributed by atoms with van der Waals surface area (Å²) in [5, 5.41) is 11.2. The second-order valence-electron chi connectivity index (χ2n) is 7.34. The number of methoxy groups -OCH3 is 4. The zero-order valence-corrected chi connectivity index (χ0v) is 17.1. The topological polar surface area (TPSA) is 60.4 Å². The van der Waals surface area contributed by atoms with Gasteiger partial charge in [0.05, 0.1) is 28.4 Å². The number of aryl methyl sites for hydroxylation is 1. The summed E-state index contributed by atoms with van der Waals surface area (Å²) < 4.78 is 22.4. The van der Waals surface area contributed by atoms with Gasteiger partial charge in [0, 0.05) is 23.7 Å². The van der Waals surface area contributed by atoms with Crippen LogP contribution in [0.3, 0.4) is 0 Å². The molecule has 6 nitrogen and oxygen atoms in total. The van der Waals surface area contributed by atoms with Crippen molar-refractivity contribution in [1.82, 2.24) is 4.90 Å². The average molecular weight is 385 g/mol. The van der Waals surface area contributed by atoms with Crippen LogP contribution in [0.1, 0.15) is 29.2 Å². The molecule has 0 radical (unpaired) electrons. The highest BCUT2D eigenvalue weighted by Crippen LogP contribution is 2.56. The largest absolute Gasteiger partial charge is 0.504 e. The maximum absolute atomic E-state index is 11.2. The Morgan fingerprint density at radius 1 is 0.857 bits per heavy atom. The lowest BCUT2D eigenvalue weighted by atomic mass is 9.85. The van der Waals surface area contributed by atoms with Crippen LogP contribution in [0.4, 0.5) is 0 Å². The maximum atomic E-state index is 11.2. The Hall–Kier alpha value is -2.60. The van der Waals surface area contributed by atoms with Gasteiger partial charge in [-0.3, -0.25) is 4.90 Å². The van der Waals surface area contributed by atoms with Crippen molar-refractivity contribution in [2.24, 2.45) is 0 Å². The van der Waals surface area contributed by atoms with Crippen LogP contribution in [0.15, 0.2) is 12.1 Å². The van der Waals surface area contributed by atoms with Gasteiger partial charge in [-0.1, -0.05) is 0 Å². The van der Waals surface area contributed by atoms with E-state index in [9.17, 15) is 5.11 Å². The molecule has 1 N–H and O–H groups in total. The first-order chi connectivity index (χ1) is 13.5. The molecular formula is C22H27NO5. The summed E-state index contributed by atoms with van der Waals surface area (Å²) in [6.07, 6.45) is 2.70. The number of phenols is 1. The monoisotopic (exact) mass is 385 g/mol. The van der Waals surface area contributed by atoms with Crippen molar-refractivity contribution in [2.75, 3.05) is 42.0 Å². The highest BCUT2D eigenvalue weighted by molar-refractivity contribution is 5.88. The van der Waals surface area contributed by atoms with E-state index in [1.807, 2.05) is 6.07 Å². The summed E-state index contributed by atoms with van der Waals surface area (Å²) in [5.74, 6) is 2.28.